The minimum atomic E-state index is -1.65. The summed E-state index contributed by atoms with van der Waals surface area (Å²) in [6.45, 7) is 15.9. The van der Waals surface area contributed by atoms with Crippen LogP contribution in [0.5, 0.6) is 0 Å². The van der Waals surface area contributed by atoms with Gasteiger partial charge in [0.1, 0.15) is 42.3 Å². The molecule has 19 nitrogen and oxygen atoms in total. The van der Waals surface area contributed by atoms with Gasteiger partial charge in [-0.15, -0.1) is 0 Å². The Morgan fingerprint density at radius 1 is 0.557 bits per heavy atom. The maximum Gasteiger partial charge on any atom is 0.332 e. The number of aliphatic hydroxyl groups is 1. The summed E-state index contributed by atoms with van der Waals surface area (Å²) >= 11 is 0. The fraction of sp³-hybridized carbons (Fsp3) is 0.650. The average Bonchev–Trinajstić information content (AvgIpc) is 3.42. The number of nitrogens with zero attached hydrogens (tertiary/aromatic N) is 5. The molecule has 2 saturated heterocycles. The number of likely N-dealkylation sites (N-methyl/N-ethyl adjacent to an activating group) is 4. The molecule has 2 aromatic rings. The van der Waals surface area contributed by atoms with Crippen LogP contribution in [0.1, 0.15) is 125 Å². The van der Waals surface area contributed by atoms with E-state index in [2.05, 4.69) is 16.0 Å². The number of benzene rings is 2. The second kappa shape index (κ2) is 28.7. The van der Waals surface area contributed by atoms with Gasteiger partial charge in [0.15, 0.2) is 12.1 Å². The molecule has 2 aromatic carbocycles. The largest absolute Gasteiger partial charge is 0.450 e. The summed E-state index contributed by atoms with van der Waals surface area (Å²) in [6.07, 6.45) is 1.34. The number of esters is 1. The van der Waals surface area contributed by atoms with E-state index in [1.165, 1.54) is 54.7 Å². The smallest absolute Gasteiger partial charge is 0.332 e. The van der Waals surface area contributed by atoms with Gasteiger partial charge < -0.3 is 50.3 Å². The second-order valence-electron chi connectivity index (χ2n) is 23.5. The van der Waals surface area contributed by atoms with Crippen LogP contribution >= 0.6 is 0 Å². The molecule has 3 fully saturated rings. The standard InChI is InChI=1S/C60H90N8O11/c1-14-38(8)47-58(76)65(11)48(36(4)5)53(71)61-43(32-35(2)3)56(74)67(13)50(39(9)69)60(78)79-51(42-28-22-17-23-29-42)59(77)66(12)49(37(6)7)54(72)62-44(33-40-24-18-15-19-25-40)55(73)64(10)46(34-41-26-20-16-21-27-41)57(75)68-31-30-45(68)52(70)63-47/h15-16,18-21,24-27,35-39,42-51,69H,14,17,22-23,28-34H2,1-13H3,(H,61,71)(H,62,72)(H,63,70)/t38?,39?,43?,44?,45?,46?,47-,48?,49-,50?,51+/m0/s1. The number of nitrogens with one attached hydrogen (secondary N) is 3. The number of hydrogen-bond acceptors (Lipinski definition) is 11. The van der Waals surface area contributed by atoms with Crippen molar-refractivity contribution in [1.82, 2.24) is 40.4 Å². The lowest BCUT2D eigenvalue weighted by molar-refractivity contribution is -0.174. The van der Waals surface area contributed by atoms with Crippen molar-refractivity contribution in [3.8, 4) is 0 Å². The lowest BCUT2D eigenvalue weighted by Gasteiger charge is -2.44. The molecule has 8 unspecified atom stereocenters. The number of carbonyl (C=O) groups is 9. The number of rotatable bonds is 12. The molecule has 0 radical (unpaired) electrons. The van der Waals surface area contributed by atoms with E-state index in [9.17, 15) is 33.9 Å². The molecule has 0 spiro atoms. The van der Waals surface area contributed by atoms with Crippen LogP contribution in [0, 0.1) is 29.6 Å². The van der Waals surface area contributed by atoms with E-state index in [-0.39, 0.29) is 38.1 Å². The van der Waals surface area contributed by atoms with Crippen molar-refractivity contribution in [2.24, 2.45) is 29.6 Å². The van der Waals surface area contributed by atoms with E-state index in [4.69, 9.17) is 4.74 Å². The monoisotopic (exact) mass is 1100 g/mol. The zero-order valence-corrected chi connectivity index (χ0v) is 49.0. The number of amides is 8. The van der Waals surface area contributed by atoms with Gasteiger partial charge in [0.25, 0.3) is 5.91 Å². The minimum absolute atomic E-state index is 0.00475. The normalized spacial score (nSPS) is 27.5. The third-order valence-electron chi connectivity index (χ3n) is 16.3. The van der Waals surface area contributed by atoms with Crippen molar-refractivity contribution in [1.29, 1.82) is 0 Å². The molecule has 4 N–H and O–H groups in total. The van der Waals surface area contributed by atoms with Gasteiger partial charge in [0.05, 0.1) is 6.10 Å². The second-order valence-corrected chi connectivity index (χ2v) is 23.5. The highest BCUT2D eigenvalue weighted by Crippen LogP contribution is 2.31. The van der Waals surface area contributed by atoms with Crippen LogP contribution in [-0.2, 0) is 60.7 Å². The molecule has 1 saturated carbocycles. The van der Waals surface area contributed by atoms with Crippen LogP contribution in [0.25, 0.3) is 0 Å². The highest BCUT2D eigenvalue weighted by molar-refractivity contribution is 5.99. The quantitative estimate of drug-likeness (QED) is 0.221. The SMILES string of the molecule is CCC(C)[C@@H]1NC(=O)C2CCN2C(=O)C(Cc2ccccc2)N(C)C(=O)C(Cc2ccccc2)NC(=O)[C@H](C(C)C)N(C)C(=O)[C@@H](C2CCCCC2)OC(=O)C(C(C)O)N(C)C(=O)C(CC(C)C)NC(=O)C(C(C)C)N(C)C1=O. The lowest BCUT2D eigenvalue weighted by Crippen LogP contribution is -2.66. The molecule has 2 aliphatic heterocycles. The van der Waals surface area contributed by atoms with Gasteiger partial charge in [-0.2, -0.15) is 0 Å². The molecule has 0 aromatic heterocycles. The Hall–Kier alpha value is -6.37. The molecule has 11 atom stereocenters. The fourth-order valence-electron chi connectivity index (χ4n) is 11.5. The van der Waals surface area contributed by atoms with Gasteiger partial charge >= 0.3 is 5.97 Å². The van der Waals surface area contributed by atoms with Crippen molar-refractivity contribution in [2.45, 2.75) is 187 Å². The van der Waals surface area contributed by atoms with Crippen LogP contribution < -0.4 is 16.0 Å². The Morgan fingerprint density at radius 2 is 1.05 bits per heavy atom. The molecule has 436 valence electrons. The highest BCUT2D eigenvalue weighted by atomic mass is 16.6. The van der Waals surface area contributed by atoms with E-state index in [1.807, 2.05) is 69.3 Å². The van der Waals surface area contributed by atoms with Crippen molar-refractivity contribution < 1.29 is 53.0 Å². The van der Waals surface area contributed by atoms with E-state index in [0.717, 1.165) is 29.7 Å². The van der Waals surface area contributed by atoms with Crippen molar-refractivity contribution in [3.63, 3.8) is 0 Å². The summed E-state index contributed by atoms with van der Waals surface area (Å²) in [7, 11) is 5.73. The van der Waals surface area contributed by atoms with Crippen molar-refractivity contribution in [3.05, 3.63) is 71.8 Å². The molecule has 2 heterocycles. The zero-order chi connectivity index (χ0) is 58.6. The molecular formula is C60H90N8O11. The molecule has 8 amide bonds. The molecule has 1 aliphatic carbocycles. The number of cyclic esters (lactones) is 1. The van der Waals surface area contributed by atoms with Gasteiger partial charge in [-0.05, 0) is 67.4 Å². The van der Waals surface area contributed by atoms with E-state index < -0.39 is 137 Å². The van der Waals surface area contributed by atoms with Crippen LogP contribution in [0.3, 0.4) is 0 Å². The van der Waals surface area contributed by atoms with Crippen molar-refractivity contribution in [2.75, 3.05) is 34.7 Å². The maximum absolute atomic E-state index is 15.2. The first-order chi connectivity index (χ1) is 37.3. The Kier molecular flexibility index (Phi) is 23.0. The predicted molar refractivity (Wildman–Crippen MR) is 299 cm³/mol. The lowest BCUT2D eigenvalue weighted by atomic mass is 9.84. The summed E-state index contributed by atoms with van der Waals surface area (Å²) in [4.78, 5) is 140. The topological polar surface area (TPSA) is 235 Å². The van der Waals surface area contributed by atoms with Crippen molar-refractivity contribution >= 4 is 53.2 Å². The minimum Gasteiger partial charge on any atom is -0.450 e. The van der Waals surface area contributed by atoms with Gasteiger partial charge in [0.2, 0.25) is 41.4 Å². The van der Waals surface area contributed by atoms with Gasteiger partial charge in [0, 0.05) is 53.5 Å². The van der Waals surface area contributed by atoms with Gasteiger partial charge in [-0.1, -0.05) is 142 Å². The summed E-state index contributed by atoms with van der Waals surface area (Å²) in [6, 6.07) is 8.34. The third kappa shape index (κ3) is 15.7. The molecule has 0 bridgehead atoms. The first-order valence-corrected chi connectivity index (χ1v) is 28.6. The first kappa shape index (κ1) is 63.5. The third-order valence-corrected chi connectivity index (χ3v) is 16.3. The van der Waals surface area contributed by atoms with E-state index in [1.54, 1.807) is 46.8 Å². The van der Waals surface area contributed by atoms with Crippen LogP contribution in [0.15, 0.2) is 60.7 Å². The first-order valence-electron chi connectivity index (χ1n) is 28.6. The van der Waals surface area contributed by atoms with Crippen LogP contribution in [-0.4, -0.2) is 178 Å². The summed E-state index contributed by atoms with van der Waals surface area (Å²) < 4.78 is 6.21. The molecular weight excluding hydrogens is 1010 g/mol. The Bertz CT molecular complexity index is 2430. The number of carbonyl (C=O) groups excluding carboxylic acids is 9. The maximum atomic E-state index is 15.2. The average molecular weight is 1100 g/mol. The summed E-state index contributed by atoms with van der Waals surface area (Å²) in [5, 5.41) is 20.1. The van der Waals surface area contributed by atoms with E-state index in [0.29, 0.717) is 24.8 Å². The van der Waals surface area contributed by atoms with Gasteiger partial charge in [-0.3, -0.25) is 38.4 Å². The molecule has 3 aliphatic rings. The number of aliphatic hydroxyl groups excluding tert-OH is 1. The molecule has 5 rings (SSSR count). The Balaban J connectivity index is 1.67. The fourth-order valence-corrected chi connectivity index (χ4v) is 11.5. The highest BCUT2D eigenvalue weighted by Gasteiger charge is 2.47. The molecule has 79 heavy (non-hydrogen) atoms. The summed E-state index contributed by atoms with van der Waals surface area (Å²) in [5.41, 5.74) is 1.43. The van der Waals surface area contributed by atoms with E-state index >= 15 is 14.4 Å². The molecule has 19 heteroatoms. The Morgan fingerprint density at radius 3 is 1.53 bits per heavy atom. The number of hydrogen-bond donors (Lipinski definition) is 4. The van der Waals surface area contributed by atoms with Gasteiger partial charge in [-0.25, -0.2) is 4.79 Å². The van der Waals surface area contributed by atoms with Crippen LogP contribution in [0.2, 0.25) is 0 Å². The summed E-state index contributed by atoms with van der Waals surface area (Å²) in [5.74, 6) is -8.24. The predicted octanol–water partition coefficient (Wildman–Crippen LogP) is 4.13. The zero-order valence-electron chi connectivity index (χ0n) is 49.0. The number of fused-ring (bicyclic) bond motifs is 1. The Labute approximate surface area is 468 Å². The van der Waals surface area contributed by atoms with Crippen LogP contribution in [0.4, 0.5) is 0 Å². The number of ether oxygens (including phenoxy) is 1.